The minimum Gasteiger partial charge on any atom is -0.287 e. The Bertz CT molecular complexity index is 606. The first-order valence-electron chi connectivity index (χ1n) is 6.74. The molecule has 2 rings (SSSR count). The number of hydrogen-bond donors (Lipinski definition) is 0. The summed E-state index contributed by atoms with van der Waals surface area (Å²) in [5.41, 5.74) is 3.31. The highest BCUT2D eigenvalue weighted by molar-refractivity contribution is 9.08. The molecule has 4 heteroatoms. The van der Waals surface area contributed by atoms with E-state index in [1.165, 1.54) is 5.56 Å². The fourth-order valence-electron chi connectivity index (χ4n) is 1.70. The molecule has 0 N–H and O–H groups in total. The van der Waals surface area contributed by atoms with Crippen LogP contribution in [0, 0.1) is 5.92 Å². The first-order valence-corrected chi connectivity index (χ1v) is 7.86. The van der Waals surface area contributed by atoms with Gasteiger partial charge in [-0.3, -0.25) is 9.78 Å². The molecule has 0 amide bonds. The highest BCUT2D eigenvalue weighted by atomic mass is 79.9. The molecule has 0 bridgehead atoms. The summed E-state index contributed by atoms with van der Waals surface area (Å²) in [5, 5.41) is 0.835. The van der Waals surface area contributed by atoms with Crippen LogP contribution in [0.4, 0.5) is 0 Å². The molecule has 0 spiro atoms. The van der Waals surface area contributed by atoms with Gasteiger partial charge < -0.3 is 0 Å². The van der Waals surface area contributed by atoms with Crippen molar-refractivity contribution in [1.82, 2.24) is 0 Å². The number of benzene rings is 2. The van der Waals surface area contributed by atoms with Crippen LogP contribution in [0.2, 0.25) is 0 Å². The summed E-state index contributed by atoms with van der Waals surface area (Å²) < 4.78 is 0. The number of carbonyl (C=O) groups is 1. The van der Waals surface area contributed by atoms with Crippen LogP contribution in [-0.2, 0) is 15.0 Å². The molecule has 0 atom stereocenters. The van der Waals surface area contributed by atoms with Gasteiger partial charge in [-0.2, -0.15) is 0 Å². The number of carbonyl (C=O) groups excluding carboxylic acids is 1. The predicted molar refractivity (Wildman–Crippen MR) is 86.1 cm³/mol. The van der Waals surface area contributed by atoms with Gasteiger partial charge in [-0.05, 0) is 28.8 Å². The van der Waals surface area contributed by atoms with E-state index in [2.05, 4.69) is 40.2 Å². The van der Waals surface area contributed by atoms with E-state index in [0.717, 1.165) is 16.5 Å². The second kappa shape index (κ2) is 7.27. The van der Waals surface area contributed by atoms with Crippen LogP contribution >= 0.6 is 15.9 Å². The lowest BCUT2D eigenvalue weighted by molar-refractivity contribution is -0.217. The largest absolute Gasteiger partial charge is 0.357 e. The molecule has 0 aliphatic rings. The third-order valence-electron chi connectivity index (χ3n) is 2.97. The van der Waals surface area contributed by atoms with Gasteiger partial charge in [-0.1, -0.05) is 66.2 Å². The normalized spacial score (nSPS) is 10.5. The number of hydrogen-bond acceptors (Lipinski definition) is 3. The van der Waals surface area contributed by atoms with Crippen molar-refractivity contribution in [2.45, 2.75) is 19.2 Å². The average Bonchev–Trinajstić information content (AvgIpc) is 2.53. The highest BCUT2D eigenvalue weighted by Crippen LogP contribution is 2.25. The molecule has 0 radical (unpaired) electrons. The molecule has 0 unspecified atom stereocenters. The smallest absolute Gasteiger partial charge is 0.287 e. The van der Waals surface area contributed by atoms with Crippen LogP contribution in [0.5, 0.6) is 5.75 Å². The molecule has 110 valence electrons. The lowest BCUT2D eigenvalue weighted by Gasteiger charge is -2.08. The van der Waals surface area contributed by atoms with Crippen molar-refractivity contribution in [1.29, 1.82) is 0 Å². The van der Waals surface area contributed by atoms with E-state index in [1.807, 2.05) is 18.2 Å². The van der Waals surface area contributed by atoms with Crippen LogP contribution in [0.25, 0.3) is 11.1 Å². The second-order valence-electron chi connectivity index (χ2n) is 5.00. The van der Waals surface area contributed by atoms with Crippen molar-refractivity contribution in [3.8, 4) is 16.9 Å². The van der Waals surface area contributed by atoms with Crippen molar-refractivity contribution >= 4 is 21.9 Å². The Morgan fingerprint density at radius 3 is 2.43 bits per heavy atom. The maximum absolute atomic E-state index is 11.4. The SMILES string of the molecule is CC(C)C(=O)OOc1cccc(-c2ccc(CBr)cc2)c1. The predicted octanol–water partition coefficient (Wildman–Crippen LogP) is 4.74. The van der Waals surface area contributed by atoms with Crippen LogP contribution < -0.4 is 4.89 Å². The minimum absolute atomic E-state index is 0.218. The van der Waals surface area contributed by atoms with Gasteiger partial charge in [0.05, 0.1) is 5.92 Å². The molecular formula is C17H17BrO3. The van der Waals surface area contributed by atoms with Crippen LogP contribution in [0.15, 0.2) is 48.5 Å². The standard InChI is InChI=1S/C17H17BrO3/c1-12(2)17(19)21-20-16-5-3-4-15(10-16)14-8-6-13(11-18)7-9-14/h3-10,12H,11H2,1-2H3. The molecular weight excluding hydrogens is 332 g/mol. The van der Waals surface area contributed by atoms with Crippen LogP contribution in [0.3, 0.4) is 0 Å². The molecule has 0 saturated carbocycles. The van der Waals surface area contributed by atoms with E-state index >= 15 is 0 Å². The summed E-state index contributed by atoms with van der Waals surface area (Å²) in [6.07, 6.45) is 0. The Labute approximate surface area is 132 Å². The summed E-state index contributed by atoms with van der Waals surface area (Å²) in [4.78, 5) is 21.2. The van der Waals surface area contributed by atoms with E-state index in [4.69, 9.17) is 9.78 Å². The fraction of sp³-hybridized carbons (Fsp3) is 0.235. The zero-order valence-corrected chi connectivity index (χ0v) is 13.6. The molecule has 21 heavy (non-hydrogen) atoms. The van der Waals surface area contributed by atoms with Crippen LogP contribution in [0.1, 0.15) is 19.4 Å². The van der Waals surface area contributed by atoms with E-state index in [1.54, 1.807) is 19.9 Å². The summed E-state index contributed by atoms with van der Waals surface area (Å²) >= 11 is 3.43. The summed E-state index contributed by atoms with van der Waals surface area (Å²) in [7, 11) is 0. The van der Waals surface area contributed by atoms with Crippen molar-refractivity contribution in [2.24, 2.45) is 5.92 Å². The molecule has 0 aliphatic heterocycles. The molecule has 0 heterocycles. The Hall–Kier alpha value is -1.81. The molecule has 0 aliphatic carbocycles. The minimum atomic E-state index is -0.387. The van der Waals surface area contributed by atoms with Crippen molar-refractivity contribution in [3.63, 3.8) is 0 Å². The van der Waals surface area contributed by atoms with Crippen molar-refractivity contribution in [2.75, 3.05) is 0 Å². The second-order valence-corrected chi connectivity index (χ2v) is 5.56. The zero-order valence-electron chi connectivity index (χ0n) is 12.0. The van der Waals surface area contributed by atoms with Gasteiger partial charge in [0.15, 0.2) is 5.75 Å². The number of halogens is 1. The zero-order chi connectivity index (χ0) is 15.2. The monoisotopic (exact) mass is 348 g/mol. The van der Waals surface area contributed by atoms with Crippen molar-refractivity contribution < 1.29 is 14.6 Å². The maximum Gasteiger partial charge on any atom is 0.357 e. The Morgan fingerprint density at radius 1 is 1.10 bits per heavy atom. The molecule has 2 aromatic rings. The Balaban J connectivity index is 2.11. The fourth-order valence-corrected chi connectivity index (χ4v) is 2.07. The van der Waals surface area contributed by atoms with E-state index in [-0.39, 0.29) is 11.9 Å². The molecule has 3 nitrogen and oxygen atoms in total. The third kappa shape index (κ3) is 4.33. The van der Waals surface area contributed by atoms with Gasteiger partial charge in [-0.25, -0.2) is 4.79 Å². The quantitative estimate of drug-likeness (QED) is 0.444. The summed E-state index contributed by atoms with van der Waals surface area (Å²) in [6.45, 7) is 3.51. The Morgan fingerprint density at radius 2 is 1.81 bits per heavy atom. The van der Waals surface area contributed by atoms with Gasteiger partial charge >= 0.3 is 5.97 Å². The maximum atomic E-state index is 11.4. The molecule has 2 aromatic carbocycles. The van der Waals surface area contributed by atoms with Gasteiger partial charge in [0, 0.05) is 5.33 Å². The van der Waals surface area contributed by atoms with Gasteiger partial charge in [0.2, 0.25) is 0 Å². The van der Waals surface area contributed by atoms with E-state index in [0.29, 0.717) is 5.75 Å². The molecule has 0 saturated heterocycles. The highest BCUT2D eigenvalue weighted by Gasteiger charge is 2.10. The molecule has 0 aromatic heterocycles. The van der Waals surface area contributed by atoms with Gasteiger partial charge in [0.25, 0.3) is 0 Å². The molecule has 0 fully saturated rings. The summed E-state index contributed by atoms with van der Waals surface area (Å²) in [5.74, 6) is -0.0990. The lowest BCUT2D eigenvalue weighted by Crippen LogP contribution is -2.13. The third-order valence-corrected chi connectivity index (χ3v) is 3.61. The summed E-state index contributed by atoms with van der Waals surface area (Å²) in [6, 6.07) is 15.7. The van der Waals surface area contributed by atoms with Gasteiger partial charge in [0.1, 0.15) is 0 Å². The number of rotatable bonds is 5. The van der Waals surface area contributed by atoms with Crippen molar-refractivity contribution in [3.05, 3.63) is 54.1 Å². The lowest BCUT2D eigenvalue weighted by atomic mass is 10.0. The number of alkyl halides is 1. The Kier molecular flexibility index (Phi) is 5.39. The van der Waals surface area contributed by atoms with Gasteiger partial charge in [-0.15, -0.1) is 0 Å². The first kappa shape index (κ1) is 15.6. The average molecular weight is 349 g/mol. The first-order chi connectivity index (χ1) is 10.1. The van der Waals surface area contributed by atoms with E-state index < -0.39 is 0 Å². The van der Waals surface area contributed by atoms with E-state index in [9.17, 15) is 4.79 Å². The van der Waals surface area contributed by atoms with Crippen LogP contribution in [-0.4, -0.2) is 5.97 Å². The topological polar surface area (TPSA) is 35.5 Å².